The van der Waals surface area contributed by atoms with Gasteiger partial charge in [-0.3, -0.25) is 0 Å². The van der Waals surface area contributed by atoms with Crippen molar-refractivity contribution in [1.29, 1.82) is 0 Å². The van der Waals surface area contributed by atoms with Crippen LogP contribution in [0.2, 0.25) is 0 Å². The molecule has 0 aliphatic rings. The van der Waals surface area contributed by atoms with Gasteiger partial charge in [0, 0.05) is 25.0 Å². The first-order valence-electron chi connectivity index (χ1n) is 6.67. The van der Waals surface area contributed by atoms with Gasteiger partial charge in [-0.15, -0.1) is 21.5 Å². The Labute approximate surface area is 123 Å². The van der Waals surface area contributed by atoms with Crippen LogP contribution in [0.5, 0.6) is 0 Å². The standard InChI is InChI=1S/C13H20N6S/c1-3-14-13(15-7-6-11-5-4-8-20-11)16-9-12-18-17-10-19(12)2/h4-5,8,10H,3,6-7,9H2,1-2H3,(H2,14,15,16). The zero-order chi connectivity index (χ0) is 14.2. The van der Waals surface area contributed by atoms with Crippen LogP contribution < -0.4 is 10.6 Å². The summed E-state index contributed by atoms with van der Waals surface area (Å²) in [5.74, 6) is 1.66. The Kier molecular flexibility index (Phi) is 5.55. The fourth-order valence-electron chi connectivity index (χ4n) is 1.70. The lowest BCUT2D eigenvalue weighted by atomic mass is 10.3. The van der Waals surface area contributed by atoms with Crippen molar-refractivity contribution in [2.45, 2.75) is 19.9 Å². The summed E-state index contributed by atoms with van der Waals surface area (Å²) in [7, 11) is 1.92. The minimum Gasteiger partial charge on any atom is -0.357 e. The molecule has 0 aliphatic carbocycles. The molecule has 6 nitrogen and oxygen atoms in total. The fourth-order valence-corrected chi connectivity index (χ4v) is 2.41. The zero-order valence-electron chi connectivity index (χ0n) is 11.8. The minimum atomic E-state index is 0.519. The van der Waals surface area contributed by atoms with Gasteiger partial charge in [0.2, 0.25) is 0 Å². The molecule has 0 aromatic carbocycles. The molecular formula is C13H20N6S. The van der Waals surface area contributed by atoms with Crippen molar-refractivity contribution in [1.82, 2.24) is 25.4 Å². The molecule has 20 heavy (non-hydrogen) atoms. The van der Waals surface area contributed by atoms with Crippen molar-refractivity contribution >= 4 is 17.3 Å². The first-order chi connectivity index (χ1) is 9.79. The summed E-state index contributed by atoms with van der Waals surface area (Å²) in [5.41, 5.74) is 0. The molecule has 0 amide bonds. The van der Waals surface area contributed by atoms with Crippen LogP contribution in [-0.4, -0.2) is 33.8 Å². The topological polar surface area (TPSA) is 67.1 Å². The zero-order valence-corrected chi connectivity index (χ0v) is 12.7. The van der Waals surface area contributed by atoms with Gasteiger partial charge in [0.15, 0.2) is 11.8 Å². The van der Waals surface area contributed by atoms with Gasteiger partial charge in [0.25, 0.3) is 0 Å². The summed E-state index contributed by atoms with van der Waals surface area (Å²) in [5, 5.41) is 16.5. The molecule has 0 saturated heterocycles. The van der Waals surface area contributed by atoms with Crippen molar-refractivity contribution in [3.63, 3.8) is 0 Å². The maximum Gasteiger partial charge on any atom is 0.191 e. The Morgan fingerprint density at radius 3 is 3.00 bits per heavy atom. The van der Waals surface area contributed by atoms with Crippen LogP contribution in [0.4, 0.5) is 0 Å². The normalized spacial score (nSPS) is 11.6. The van der Waals surface area contributed by atoms with E-state index in [1.807, 2.05) is 11.6 Å². The summed E-state index contributed by atoms with van der Waals surface area (Å²) < 4.78 is 1.87. The molecule has 0 radical (unpaired) electrons. The first-order valence-corrected chi connectivity index (χ1v) is 7.55. The largest absolute Gasteiger partial charge is 0.357 e. The Bertz CT molecular complexity index is 531. The highest BCUT2D eigenvalue weighted by atomic mass is 32.1. The molecule has 0 bridgehead atoms. The van der Waals surface area contributed by atoms with Gasteiger partial charge >= 0.3 is 0 Å². The van der Waals surface area contributed by atoms with E-state index in [1.54, 1.807) is 17.7 Å². The number of aliphatic imine (C=N–C) groups is 1. The van der Waals surface area contributed by atoms with E-state index >= 15 is 0 Å². The second kappa shape index (κ2) is 7.64. The Morgan fingerprint density at radius 1 is 1.45 bits per heavy atom. The number of nitrogens with one attached hydrogen (secondary N) is 2. The Balaban J connectivity index is 1.84. The molecule has 0 saturated carbocycles. The van der Waals surface area contributed by atoms with E-state index in [0.717, 1.165) is 31.3 Å². The third-order valence-electron chi connectivity index (χ3n) is 2.77. The molecule has 2 N–H and O–H groups in total. The van der Waals surface area contributed by atoms with Crippen LogP contribution in [0.25, 0.3) is 0 Å². The van der Waals surface area contributed by atoms with E-state index < -0.39 is 0 Å². The van der Waals surface area contributed by atoms with E-state index in [4.69, 9.17) is 0 Å². The molecule has 0 unspecified atom stereocenters. The van der Waals surface area contributed by atoms with Crippen LogP contribution in [0.15, 0.2) is 28.8 Å². The minimum absolute atomic E-state index is 0.519. The van der Waals surface area contributed by atoms with Crippen LogP contribution in [0.1, 0.15) is 17.6 Å². The predicted octanol–water partition coefficient (Wildman–Crippen LogP) is 1.17. The monoisotopic (exact) mass is 292 g/mol. The predicted molar refractivity (Wildman–Crippen MR) is 81.8 cm³/mol. The fraction of sp³-hybridized carbons (Fsp3) is 0.462. The average Bonchev–Trinajstić information content (AvgIpc) is 3.08. The molecular weight excluding hydrogens is 272 g/mol. The van der Waals surface area contributed by atoms with Crippen LogP contribution in [0.3, 0.4) is 0 Å². The van der Waals surface area contributed by atoms with Gasteiger partial charge < -0.3 is 15.2 Å². The number of aryl methyl sites for hydroxylation is 1. The van der Waals surface area contributed by atoms with Gasteiger partial charge in [-0.2, -0.15) is 0 Å². The van der Waals surface area contributed by atoms with Crippen LogP contribution in [0, 0.1) is 0 Å². The number of aromatic nitrogens is 3. The lowest BCUT2D eigenvalue weighted by molar-refractivity contribution is 0.764. The second-order valence-electron chi connectivity index (χ2n) is 4.31. The second-order valence-corrected chi connectivity index (χ2v) is 5.34. The summed E-state index contributed by atoms with van der Waals surface area (Å²) in [4.78, 5) is 5.89. The molecule has 7 heteroatoms. The average molecular weight is 292 g/mol. The number of nitrogens with zero attached hydrogens (tertiary/aromatic N) is 4. The molecule has 2 aromatic heterocycles. The molecule has 0 aliphatic heterocycles. The number of guanidine groups is 1. The summed E-state index contributed by atoms with van der Waals surface area (Å²) in [6.07, 6.45) is 2.69. The molecule has 108 valence electrons. The first kappa shape index (κ1) is 14.5. The quantitative estimate of drug-likeness (QED) is 0.619. The van der Waals surface area contributed by atoms with E-state index in [0.29, 0.717) is 6.54 Å². The highest BCUT2D eigenvalue weighted by molar-refractivity contribution is 7.09. The van der Waals surface area contributed by atoms with Crippen molar-refractivity contribution < 1.29 is 0 Å². The maximum absolute atomic E-state index is 4.51. The molecule has 2 rings (SSSR count). The van der Waals surface area contributed by atoms with Gasteiger partial charge in [0.1, 0.15) is 12.9 Å². The van der Waals surface area contributed by atoms with Crippen molar-refractivity contribution in [3.05, 3.63) is 34.5 Å². The van der Waals surface area contributed by atoms with Gasteiger partial charge in [-0.25, -0.2) is 4.99 Å². The van der Waals surface area contributed by atoms with Crippen LogP contribution >= 0.6 is 11.3 Å². The van der Waals surface area contributed by atoms with E-state index in [1.165, 1.54) is 4.88 Å². The summed E-state index contributed by atoms with van der Waals surface area (Å²) >= 11 is 1.78. The lowest BCUT2D eigenvalue weighted by Gasteiger charge is -2.10. The third-order valence-corrected chi connectivity index (χ3v) is 3.71. The third kappa shape index (κ3) is 4.34. The summed E-state index contributed by atoms with van der Waals surface area (Å²) in [6.45, 7) is 4.28. The molecule has 2 aromatic rings. The highest BCUT2D eigenvalue weighted by Gasteiger charge is 2.01. The molecule has 0 fully saturated rings. The lowest BCUT2D eigenvalue weighted by Crippen LogP contribution is -2.38. The van der Waals surface area contributed by atoms with Crippen molar-refractivity contribution in [3.8, 4) is 0 Å². The van der Waals surface area contributed by atoms with E-state index in [-0.39, 0.29) is 0 Å². The number of rotatable bonds is 6. The van der Waals surface area contributed by atoms with Gasteiger partial charge in [0.05, 0.1) is 0 Å². The van der Waals surface area contributed by atoms with Crippen molar-refractivity contribution in [2.75, 3.05) is 13.1 Å². The SMILES string of the molecule is CCNC(=NCc1nncn1C)NCCc1cccs1. The molecule has 0 spiro atoms. The van der Waals surface area contributed by atoms with Crippen molar-refractivity contribution in [2.24, 2.45) is 12.0 Å². The number of hydrogen-bond acceptors (Lipinski definition) is 4. The van der Waals surface area contributed by atoms with Crippen LogP contribution in [-0.2, 0) is 20.0 Å². The van der Waals surface area contributed by atoms with E-state index in [9.17, 15) is 0 Å². The molecule has 0 atom stereocenters. The number of thiophene rings is 1. The maximum atomic E-state index is 4.51. The Morgan fingerprint density at radius 2 is 2.35 bits per heavy atom. The highest BCUT2D eigenvalue weighted by Crippen LogP contribution is 2.07. The smallest absolute Gasteiger partial charge is 0.191 e. The summed E-state index contributed by atoms with van der Waals surface area (Å²) in [6, 6.07) is 4.23. The van der Waals surface area contributed by atoms with E-state index in [2.05, 4.69) is 50.3 Å². The van der Waals surface area contributed by atoms with Gasteiger partial charge in [-0.1, -0.05) is 6.07 Å². The van der Waals surface area contributed by atoms with Gasteiger partial charge in [-0.05, 0) is 24.8 Å². The molecule has 2 heterocycles. The Hall–Kier alpha value is -1.89. The number of hydrogen-bond donors (Lipinski definition) is 2.